The number of fused-ring (bicyclic) bond motifs is 1. The van der Waals surface area contributed by atoms with Crippen LogP contribution in [-0.4, -0.2) is 18.9 Å². The van der Waals surface area contributed by atoms with E-state index in [2.05, 4.69) is 11.4 Å². The fraction of sp³-hybridized carbons (Fsp3) is 0.235. The Morgan fingerprint density at radius 2 is 1.80 bits per heavy atom. The van der Waals surface area contributed by atoms with Gasteiger partial charge in [-0.3, -0.25) is 10.1 Å². The quantitative estimate of drug-likeness (QED) is 0.834. The molecule has 1 aliphatic rings. The van der Waals surface area contributed by atoms with Crippen molar-refractivity contribution in [1.29, 1.82) is 0 Å². The molecule has 102 valence electrons. The lowest BCUT2D eigenvalue weighted by Crippen LogP contribution is -2.57. The Morgan fingerprint density at radius 1 is 1.10 bits per heavy atom. The Bertz CT molecular complexity index is 624. The van der Waals surface area contributed by atoms with Crippen molar-refractivity contribution >= 4 is 5.78 Å². The van der Waals surface area contributed by atoms with Crippen molar-refractivity contribution < 1.29 is 4.79 Å². The van der Waals surface area contributed by atoms with E-state index >= 15 is 0 Å². The molecule has 0 amide bonds. The third kappa shape index (κ3) is 1.96. The van der Waals surface area contributed by atoms with E-state index in [1.165, 1.54) is 5.56 Å². The van der Waals surface area contributed by atoms with Gasteiger partial charge in [-0.25, -0.2) is 0 Å². The summed E-state index contributed by atoms with van der Waals surface area (Å²) in [5.41, 5.74) is 8.13. The van der Waals surface area contributed by atoms with Crippen molar-refractivity contribution in [3.63, 3.8) is 0 Å². The number of rotatable bonds is 3. The average Bonchev–Trinajstić information content (AvgIpc) is 2.54. The van der Waals surface area contributed by atoms with Crippen molar-refractivity contribution in [3.05, 3.63) is 71.3 Å². The predicted octanol–water partition coefficient (Wildman–Crippen LogP) is 1.87. The molecule has 1 heterocycles. The van der Waals surface area contributed by atoms with Gasteiger partial charge in [0.1, 0.15) is 5.54 Å². The minimum Gasteiger partial charge on any atom is -0.328 e. The second kappa shape index (κ2) is 5.19. The van der Waals surface area contributed by atoms with Gasteiger partial charge in [0.2, 0.25) is 0 Å². The zero-order valence-electron chi connectivity index (χ0n) is 11.3. The number of carbonyl (C=O) groups excluding carboxylic acids is 1. The average molecular weight is 266 g/mol. The maximum Gasteiger partial charge on any atom is 0.188 e. The Labute approximate surface area is 118 Å². The van der Waals surface area contributed by atoms with Gasteiger partial charge in [-0.2, -0.15) is 0 Å². The van der Waals surface area contributed by atoms with Crippen molar-refractivity contribution in [2.24, 2.45) is 5.73 Å². The van der Waals surface area contributed by atoms with Gasteiger partial charge < -0.3 is 5.73 Å². The van der Waals surface area contributed by atoms with Crippen LogP contribution in [0.4, 0.5) is 0 Å². The Kier molecular flexibility index (Phi) is 3.38. The summed E-state index contributed by atoms with van der Waals surface area (Å²) in [6.45, 7) is 1.03. The number of ketones is 1. The third-order valence-electron chi connectivity index (χ3n) is 4.03. The van der Waals surface area contributed by atoms with E-state index in [9.17, 15) is 4.79 Å². The zero-order chi connectivity index (χ0) is 14.0. The summed E-state index contributed by atoms with van der Waals surface area (Å²) in [6, 6.07) is 17.4. The van der Waals surface area contributed by atoms with E-state index in [1.54, 1.807) is 0 Å². The molecule has 1 aliphatic heterocycles. The molecule has 0 saturated carbocycles. The van der Waals surface area contributed by atoms with Gasteiger partial charge in [0.05, 0.1) is 0 Å². The van der Waals surface area contributed by atoms with Gasteiger partial charge in [0, 0.05) is 18.7 Å². The van der Waals surface area contributed by atoms with Gasteiger partial charge in [-0.15, -0.1) is 0 Å². The van der Waals surface area contributed by atoms with E-state index in [0.29, 0.717) is 5.56 Å². The predicted molar refractivity (Wildman–Crippen MR) is 79.7 cm³/mol. The van der Waals surface area contributed by atoms with E-state index < -0.39 is 5.54 Å². The highest BCUT2D eigenvalue weighted by Gasteiger charge is 2.42. The van der Waals surface area contributed by atoms with Gasteiger partial charge in [-0.1, -0.05) is 54.6 Å². The molecule has 20 heavy (non-hydrogen) atoms. The van der Waals surface area contributed by atoms with Gasteiger partial charge in [-0.05, 0) is 17.5 Å². The number of hydrogen-bond donors (Lipinski definition) is 2. The van der Waals surface area contributed by atoms with Crippen LogP contribution >= 0.6 is 0 Å². The van der Waals surface area contributed by atoms with Gasteiger partial charge in [0.15, 0.2) is 5.78 Å². The molecule has 3 N–H and O–H groups in total. The maximum atomic E-state index is 13.0. The Hall–Kier alpha value is -1.97. The molecule has 1 atom stereocenters. The molecular formula is C17H18N2O. The molecule has 0 bridgehead atoms. The first kappa shape index (κ1) is 13.0. The smallest absolute Gasteiger partial charge is 0.188 e. The normalized spacial score (nSPS) is 21.2. The number of carbonyl (C=O) groups is 1. The maximum absolute atomic E-state index is 13.0. The fourth-order valence-corrected chi connectivity index (χ4v) is 2.97. The van der Waals surface area contributed by atoms with Crippen molar-refractivity contribution in [2.75, 3.05) is 13.1 Å². The van der Waals surface area contributed by atoms with Gasteiger partial charge in [0.25, 0.3) is 0 Å². The molecule has 0 aliphatic carbocycles. The number of nitrogens with one attached hydrogen (secondary N) is 1. The molecule has 0 aromatic heterocycles. The molecule has 0 radical (unpaired) electrons. The Balaban J connectivity index is 2.12. The first-order valence-corrected chi connectivity index (χ1v) is 6.91. The minimum atomic E-state index is -0.795. The van der Waals surface area contributed by atoms with Crippen LogP contribution in [0.25, 0.3) is 0 Å². The molecule has 0 fully saturated rings. The summed E-state index contributed by atoms with van der Waals surface area (Å²) in [5.74, 6) is 0.0488. The third-order valence-corrected chi connectivity index (χ3v) is 4.03. The summed E-state index contributed by atoms with van der Waals surface area (Å²) in [5, 5.41) is 3.36. The molecule has 2 aromatic carbocycles. The molecule has 3 nitrogen and oxygen atoms in total. The lowest BCUT2D eigenvalue weighted by atomic mass is 9.77. The minimum absolute atomic E-state index is 0.0488. The lowest BCUT2D eigenvalue weighted by molar-refractivity contribution is 0.0847. The molecule has 1 unspecified atom stereocenters. The van der Waals surface area contributed by atoms with E-state index in [-0.39, 0.29) is 12.3 Å². The SMILES string of the molecule is NCC1(C(=O)c2ccccc2)NCCc2ccccc21. The second-order valence-corrected chi connectivity index (χ2v) is 5.14. The lowest BCUT2D eigenvalue weighted by Gasteiger charge is -2.38. The molecule has 3 rings (SSSR count). The molecule has 3 heteroatoms. The second-order valence-electron chi connectivity index (χ2n) is 5.14. The molecule has 2 aromatic rings. The number of benzene rings is 2. The standard InChI is InChI=1S/C17H18N2O/c18-12-17(16(20)14-7-2-1-3-8-14)15-9-5-4-6-13(15)10-11-19-17/h1-9,19H,10-12,18H2. The van der Waals surface area contributed by atoms with Crippen molar-refractivity contribution in [2.45, 2.75) is 12.0 Å². The van der Waals surface area contributed by atoms with Gasteiger partial charge >= 0.3 is 0 Å². The summed E-state index contributed by atoms with van der Waals surface area (Å²) < 4.78 is 0. The summed E-state index contributed by atoms with van der Waals surface area (Å²) in [7, 11) is 0. The van der Waals surface area contributed by atoms with Crippen molar-refractivity contribution in [1.82, 2.24) is 5.32 Å². The molecular weight excluding hydrogens is 248 g/mol. The topological polar surface area (TPSA) is 55.1 Å². The highest BCUT2D eigenvalue weighted by Crippen LogP contribution is 2.31. The zero-order valence-corrected chi connectivity index (χ0v) is 11.3. The fourth-order valence-electron chi connectivity index (χ4n) is 2.97. The van der Waals surface area contributed by atoms with E-state index in [1.807, 2.05) is 48.5 Å². The van der Waals surface area contributed by atoms with Crippen LogP contribution in [-0.2, 0) is 12.0 Å². The number of Topliss-reactive ketones (excluding diaryl/α,β-unsaturated/α-hetero) is 1. The Morgan fingerprint density at radius 3 is 2.55 bits per heavy atom. The summed E-state index contributed by atoms with van der Waals surface area (Å²) in [4.78, 5) is 13.0. The monoisotopic (exact) mass is 266 g/mol. The van der Waals surface area contributed by atoms with Crippen LogP contribution in [0.5, 0.6) is 0 Å². The van der Waals surface area contributed by atoms with Crippen LogP contribution in [0.1, 0.15) is 21.5 Å². The van der Waals surface area contributed by atoms with E-state index in [4.69, 9.17) is 5.73 Å². The first-order chi connectivity index (χ1) is 9.78. The molecule has 0 spiro atoms. The van der Waals surface area contributed by atoms with Crippen LogP contribution in [0.15, 0.2) is 54.6 Å². The highest BCUT2D eigenvalue weighted by molar-refractivity contribution is 6.04. The van der Waals surface area contributed by atoms with Crippen LogP contribution in [0.2, 0.25) is 0 Å². The summed E-state index contributed by atoms with van der Waals surface area (Å²) in [6.07, 6.45) is 0.931. The van der Waals surface area contributed by atoms with Crippen LogP contribution < -0.4 is 11.1 Å². The first-order valence-electron chi connectivity index (χ1n) is 6.91. The van der Waals surface area contributed by atoms with Crippen molar-refractivity contribution in [3.8, 4) is 0 Å². The number of nitrogens with two attached hydrogens (primary N) is 1. The van der Waals surface area contributed by atoms with Crippen LogP contribution in [0.3, 0.4) is 0 Å². The number of hydrogen-bond acceptors (Lipinski definition) is 3. The largest absolute Gasteiger partial charge is 0.328 e. The molecule has 0 saturated heterocycles. The summed E-state index contributed by atoms with van der Waals surface area (Å²) >= 11 is 0. The van der Waals surface area contributed by atoms with E-state index in [0.717, 1.165) is 18.5 Å². The highest BCUT2D eigenvalue weighted by atomic mass is 16.1. The van der Waals surface area contributed by atoms with Crippen LogP contribution in [0, 0.1) is 0 Å².